The number of rotatable bonds is 5. The highest BCUT2D eigenvalue weighted by atomic mass is 19.1. The van der Waals surface area contributed by atoms with E-state index < -0.39 is 0 Å². The molecule has 6 nitrogen and oxygen atoms in total. The molecule has 2 heterocycles. The summed E-state index contributed by atoms with van der Waals surface area (Å²) in [4.78, 5) is 35.4. The van der Waals surface area contributed by atoms with Crippen LogP contribution in [-0.4, -0.2) is 28.3 Å². The number of carbonyl (C=O) groups excluding carboxylic acids is 2. The van der Waals surface area contributed by atoms with E-state index in [9.17, 15) is 14.0 Å². The van der Waals surface area contributed by atoms with E-state index in [1.807, 2.05) is 42.5 Å². The van der Waals surface area contributed by atoms with Crippen LogP contribution in [0.15, 0.2) is 66.7 Å². The van der Waals surface area contributed by atoms with E-state index in [-0.39, 0.29) is 17.6 Å². The first-order valence-corrected chi connectivity index (χ1v) is 11.0. The number of hydrogen-bond donors (Lipinski definition) is 2. The molecule has 33 heavy (non-hydrogen) atoms. The summed E-state index contributed by atoms with van der Waals surface area (Å²) < 4.78 is 13.2. The first-order chi connectivity index (χ1) is 16.1. The predicted octanol–water partition coefficient (Wildman–Crippen LogP) is 4.87. The highest BCUT2D eigenvalue weighted by Crippen LogP contribution is 2.33. The summed E-state index contributed by atoms with van der Waals surface area (Å²) in [5.74, 6) is 0.123. The average Bonchev–Trinajstić information content (AvgIpc) is 3.26. The Bertz CT molecular complexity index is 1300. The number of fused-ring (bicyclic) bond motifs is 2. The van der Waals surface area contributed by atoms with Crippen molar-refractivity contribution in [2.75, 3.05) is 16.8 Å². The van der Waals surface area contributed by atoms with E-state index in [4.69, 9.17) is 0 Å². The fourth-order valence-electron chi connectivity index (χ4n) is 4.28. The zero-order valence-electron chi connectivity index (χ0n) is 18.0. The van der Waals surface area contributed by atoms with Crippen molar-refractivity contribution in [1.29, 1.82) is 0 Å². The van der Waals surface area contributed by atoms with Crippen LogP contribution in [0.25, 0.3) is 11.0 Å². The number of carbonyl (C=O) groups is 2. The van der Waals surface area contributed by atoms with Crippen LogP contribution in [0.3, 0.4) is 0 Å². The van der Waals surface area contributed by atoms with Crippen LogP contribution in [0.2, 0.25) is 0 Å². The van der Waals surface area contributed by atoms with Gasteiger partial charge in [-0.15, -0.1) is 0 Å². The van der Waals surface area contributed by atoms with E-state index in [0.29, 0.717) is 30.6 Å². The smallest absolute Gasteiger partial charge is 0.255 e. The zero-order valence-corrected chi connectivity index (χ0v) is 18.0. The number of para-hydroxylation sites is 2. The van der Waals surface area contributed by atoms with Gasteiger partial charge in [0, 0.05) is 36.3 Å². The molecule has 0 aliphatic carbocycles. The Hall–Kier alpha value is -4.00. The third-order valence-electron chi connectivity index (χ3n) is 5.92. The highest BCUT2D eigenvalue weighted by molar-refractivity contribution is 6.05. The molecule has 5 rings (SSSR count). The summed E-state index contributed by atoms with van der Waals surface area (Å²) in [5.41, 5.74) is 4.68. The van der Waals surface area contributed by atoms with Crippen molar-refractivity contribution < 1.29 is 14.0 Å². The van der Waals surface area contributed by atoms with Crippen molar-refractivity contribution in [2.24, 2.45) is 0 Å². The van der Waals surface area contributed by atoms with Gasteiger partial charge in [0.1, 0.15) is 11.6 Å². The molecule has 0 spiro atoms. The Morgan fingerprint density at radius 2 is 1.85 bits per heavy atom. The molecule has 1 aliphatic rings. The van der Waals surface area contributed by atoms with Crippen molar-refractivity contribution in [2.45, 2.75) is 25.7 Å². The van der Waals surface area contributed by atoms with Crippen LogP contribution in [-0.2, 0) is 17.6 Å². The van der Waals surface area contributed by atoms with Gasteiger partial charge < -0.3 is 15.2 Å². The first-order valence-electron chi connectivity index (χ1n) is 11.0. The molecular weight excluding hydrogens is 419 g/mol. The van der Waals surface area contributed by atoms with Crippen LogP contribution in [0.4, 0.5) is 15.8 Å². The zero-order chi connectivity index (χ0) is 22.8. The third kappa shape index (κ3) is 4.35. The van der Waals surface area contributed by atoms with Crippen molar-refractivity contribution in [3.05, 3.63) is 89.5 Å². The van der Waals surface area contributed by atoms with E-state index in [0.717, 1.165) is 41.0 Å². The van der Waals surface area contributed by atoms with Crippen molar-refractivity contribution in [3.63, 3.8) is 0 Å². The fraction of sp³-hybridized carbons (Fsp3) is 0.192. The lowest BCUT2D eigenvalue weighted by Crippen LogP contribution is -2.36. The van der Waals surface area contributed by atoms with E-state index in [1.165, 1.54) is 24.3 Å². The van der Waals surface area contributed by atoms with Crippen LogP contribution < -0.4 is 10.2 Å². The molecule has 0 radical (unpaired) electrons. The molecule has 1 aliphatic heterocycles. The molecule has 3 aromatic carbocycles. The molecule has 2 amide bonds. The Morgan fingerprint density at radius 1 is 1.03 bits per heavy atom. The maximum absolute atomic E-state index is 13.2. The van der Waals surface area contributed by atoms with Crippen molar-refractivity contribution >= 4 is 34.2 Å². The highest BCUT2D eigenvalue weighted by Gasteiger charge is 2.25. The third-order valence-corrected chi connectivity index (χ3v) is 5.92. The maximum Gasteiger partial charge on any atom is 0.255 e. The molecule has 1 aromatic heterocycles. The minimum Gasteiger partial charge on any atom is -0.342 e. The molecule has 0 saturated heterocycles. The Morgan fingerprint density at radius 3 is 2.67 bits per heavy atom. The van der Waals surface area contributed by atoms with E-state index >= 15 is 0 Å². The van der Waals surface area contributed by atoms with Crippen LogP contribution >= 0.6 is 0 Å². The second-order valence-corrected chi connectivity index (χ2v) is 8.11. The molecule has 0 bridgehead atoms. The number of nitrogens with zero attached hydrogens (tertiary/aromatic N) is 2. The molecule has 2 N–H and O–H groups in total. The number of aromatic amines is 1. The van der Waals surface area contributed by atoms with Gasteiger partial charge >= 0.3 is 0 Å². The summed E-state index contributed by atoms with van der Waals surface area (Å²) >= 11 is 0. The van der Waals surface area contributed by atoms with Gasteiger partial charge in [0.25, 0.3) is 5.91 Å². The number of halogens is 1. The lowest BCUT2D eigenvalue weighted by atomic mass is 9.98. The fourth-order valence-corrected chi connectivity index (χ4v) is 4.28. The molecule has 0 unspecified atom stereocenters. The number of aryl methyl sites for hydroxylation is 1. The van der Waals surface area contributed by atoms with Gasteiger partial charge in [-0.1, -0.05) is 18.2 Å². The van der Waals surface area contributed by atoms with Gasteiger partial charge in [-0.05, 0) is 66.9 Å². The number of imidazole rings is 1. The minimum absolute atomic E-state index is 0.0263. The monoisotopic (exact) mass is 442 g/mol. The van der Waals surface area contributed by atoms with Gasteiger partial charge in [0.2, 0.25) is 5.91 Å². The van der Waals surface area contributed by atoms with Gasteiger partial charge in [-0.3, -0.25) is 9.59 Å². The number of amides is 2. The quantitative estimate of drug-likeness (QED) is 0.463. The number of H-pyrrole nitrogens is 1. The first kappa shape index (κ1) is 20.9. The van der Waals surface area contributed by atoms with Crippen LogP contribution in [0.5, 0.6) is 0 Å². The molecule has 0 atom stereocenters. The van der Waals surface area contributed by atoms with Gasteiger partial charge in [-0.2, -0.15) is 0 Å². The molecule has 7 heteroatoms. The van der Waals surface area contributed by atoms with Gasteiger partial charge in [-0.25, -0.2) is 9.37 Å². The average molecular weight is 442 g/mol. The number of nitrogens with one attached hydrogen (secondary N) is 2. The normalized spacial score (nSPS) is 13.1. The summed E-state index contributed by atoms with van der Waals surface area (Å²) in [5, 5.41) is 2.92. The van der Waals surface area contributed by atoms with Gasteiger partial charge in [0.15, 0.2) is 0 Å². The standard InChI is InChI=1S/C26H23FN4O2/c27-18-12-10-17(11-13-18)26(33)30-20-8-3-9-23-19(20)5-4-16-31(23)25(32)15-14-24-28-21-6-1-2-7-22(21)29-24/h1-3,6-13H,4-5,14-16H2,(H,28,29)(H,30,33). The lowest BCUT2D eigenvalue weighted by molar-refractivity contribution is -0.118. The predicted molar refractivity (Wildman–Crippen MR) is 126 cm³/mol. The number of anilines is 2. The van der Waals surface area contributed by atoms with Gasteiger partial charge in [0.05, 0.1) is 11.0 Å². The second kappa shape index (κ2) is 8.86. The Kier molecular flexibility index (Phi) is 5.60. The molecule has 166 valence electrons. The van der Waals surface area contributed by atoms with Crippen LogP contribution in [0.1, 0.15) is 34.6 Å². The molecule has 4 aromatic rings. The van der Waals surface area contributed by atoms with E-state index in [1.54, 1.807) is 4.90 Å². The topological polar surface area (TPSA) is 78.1 Å². The van der Waals surface area contributed by atoms with Crippen molar-refractivity contribution in [3.8, 4) is 0 Å². The largest absolute Gasteiger partial charge is 0.342 e. The number of aromatic nitrogens is 2. The summed E-state index contributed by atoms with van der Waals surface area (Å²) in [6, 6.07) is 18.8. The number of benzene rings is 3. The second-order valence-electron chi connectivity index (χ2n) is 8.11. The SMILES string of the molecule is O=C(Nc1cccc2c1CCCN2C(=O)CCc1nc2ccccc2[nH]1)c1ccc(F)cc1. The molecular formula is C26H23FN4O2. The maximum atomic E-state index is 13.2. The minimum atomic E-state index is -0.388. The van der Waals surface area contributed by atoms with Crippen molar-refractivity contribution in [1.82, 2.24) is 9.97 Å². The van der Waals surface area contributed by atoms with Crippen LogP contribution in [0, 0.1) is 5.82 Å². The number of hydrogen-bond acceptors (Lipinski definition) is 3. The summed E-state index contributed by atoms with van der Waals surface area (Å²) in [6.07, 6.45) is 2.45. The molecule has 0 fully saturated rings. The Balaban J connectivity index is 1.31. The summed E-state index contributed by atoms with van der Waals surface area (Å²) in [6.45, 7) is 0.640. The Labute approximate surface area is 190 Å². The van der Waals surface area contributed by atoms with E-state index in [2.05, 4.69) is 15.3 Å². The lowest BCUT2D eigenvalue weighted by Gasteiger charge is -2.31. The summed E-state index contributed by atoms with van der Waals surface area (Å²) in [7, 11) is 0. The molecule has 0 saturated carbocycles.